The highest BCUT2D eigenvalue weighted by Gasteiger charge is 2.45. The number of halogens is 1. The normalized spacial score (nSPS) is 22.8. The van der Waals surface area contributed by atoms with E-state index in [1.807, 2.05) is 6.07 Å². The molecule has 0 aromatic heterocycles. The molecule has 1 saturated heterocycles. The molecule has 2 aliphatic rings. The number of aliphatic hydroxyl groups is 1. The zero-order valence-corrected chi connectivity index (χ0v) is 15.8. The van der Waals surface area contributed by atoms with E-state index >= 15 is 0 Å². The molecule has 29 heavy (non-hydrogen) atoms. The lowest BCUT2D eigenvalue weighted by molar-refractivity contribution is 0.134. The Labute approximate surface area is 168 Å². The van der Waals surface area contributed by atoms with Gasteiger partial charge in [-0.3, -0.25) is 0 Å². The number of carbonyl (C=O) groups is 1. The summed E-state index contributed by atoms with van der Waals surface area (Å²) in [4.78, 5) is 14.5. The topological polar surface area (TPSA) is 85.6 Å². The molecule has 0 spiro atoms. The van der Waals surface area contributed by atoms with Crippen molar-refractivity contribution in [1.82, 2.24) is 4.90 Å². The average molecular weight is 395 g/mol. The third-order valence-corrected chi connectivity index (χ3v) is 5.89. The number of hydrogen-bond donors (Lipinski definition) is 2. The van der Waals surface area contributed by atoms with Gasteiger partial charge in [0.05, 0.1) is 5.56 Å². The van der Waals surface area contributed by atoms with Crippen LogP contribution in [0.2, 0.25) is 0 Å². The van der Waals surface area contributed by atoms with Crippen LogP contribution in [-0.2, 0) is 0 Å². The van der Waals surface area contributed by atoms with E-state index in [-0.39, 0.29) is 36.1 Å². The number of ether oxygens (including phenoxy) is 1. The molecule has 2 N–H and O–H groups in total. The maximum atomic E-state index is 14.5. The molecule has 2 amide bonds. The molecule has 150 valence electrons. The highest BCUT2D eigenvalue weighted by atomic mass is 19.1. The molecule has 1 heterocycles. The van der Waals surface area contributed by atoms with Crippen LogP contribution < -0.4 is 10.1 Å². The molecule has 2 aromatic rings. The van der Waals surface area contributed by atoms with Crippen LogP contribution in [0.3, 0.4) is 0 Å². The Hall–Kier alpha value is -3.11. The molecular weight excluding hydrogens is 373 g/mol. The van der Waals surface area contributed by atoms with Gasteiger partial charge in [-0.25, -0.2) is 9.18 Å². The number of likely N-dealkylation sites (tertiary alicyclic amines) is 1. The van der Waals surface area contributed by atoms with Gasteiger partial charge in [-0.15, -0.1) is 0 Å². The summed E-state index contributed by atoms with van der Waals surface area (Å²) >= 11 is 0. The van der Waals surface area contributed by atoms with Crippen molar-refractivity contribution in [3.05, 3.63) is 53.8 Å². The molecule has 2 bridgehead atoms. The second-order valence-corrected chi connectivity index (χ2v) is 7.54. The number of para-hydroxylation sites is 1. The lowest BCUT2D eigenvalue weighted by Crippen LogP contribution is -2.41. The van der Waals surface area contributed by atoms with Crippen molar-refractivity contribution < 1.29 is 19.0 Å². The zero-order valence-electron chi connectivity index (χ0n) is 15.8. The number of hydrogen-bond acceptors (Lipinski definition) is 4. The molecule has 1 aliphatic heterocycles. The van der Waals surface area contributed by atoms with Gasteiger partial charge in [0.25, 0.3) is 0 Å². The zero-order chi connectivity index (χ0) is 20.4. The second-order valence-electron chi connectivity index (χ2n) is 7.54. The number of aliphatic hydroxyl groups excluding tert-OH is 1. The summed E-state index contributed by atoms with van der Waals surface area (Å²) in [5.74, 6) is 0.0662. The Morgan fingerprint density at radius 3 is 2.83 bits per heavy atom. The van der Waals surface area contributed by atoms with E-state index in [4.69, 9.17) is 10.00 Å². The first-order valence-electron chi connectivity index (χ1n) is 9.75. The van der Waals surface area contributed by atoms with Gasteiger partial charge in [0, 0.05) is 36.9 Å². The highest BCUT2D eigenvalue weighted by Crippen LogP contribution is 2.40. The van der Waals surface area contributed by atoms with E-state index in [0.29, 0.717) is 23.7 Å². The summed E-state index contributed by atoms with van der Waals surface area (Å²) in [7, 11) is 0. The Morgan fingerprint density at radius 1 is 1.28 bits per heavy atom. The predicted molar refractivity (Wildman–Crippen MR) is 105 cm³/mol. The molecule has 1 saturated carbocycles. The van der Waals surface area contributed by atoms with Crippen LogP contribution in [0.4, 0.5) is 14.9 Å². The van der Waals surface area contributed by atoms with E-state index in [2.05, 4.69) is 5.32 Å². The van der Waals surface area contributed by atoms with Crippen LogP contribution in [0.5, 0.6) is 11.5 Å². The smallest absolute Gasteiger partial charge is 0.322 e. The summed E-state index contributed by atoms with van der Waals surface area (Å²) in [6.07, 6.45) is 2.96. The van der Waals surface area contributed by atoms with E-state index in [0.717, 1.165) is 19.3 Å². The lowest BCUT2D eigenvalue weighted by Gasteiger charge is -2.30. The molecule has 4 rings (SSSR count). The van der Waals surface area contributed by atoms with Crippen LogP contribution in [0, 0.1) is 29.0 Å². The van der Waals surface area contributed by atoms with Crippen molar-refractivity contribution in [3.8, 4) is 17.6 Å². The summed E-state index contributed by atoms with van der Waals surface area (Å²) < 4.78 is 20.1. The molecule has 1 aliphatic carbocycles. The number of anilines is 1. The van der Waals surface area contributed by atoms with Gasteiger partial charge < -0.3 is 20.1 Å². The van der Waals surface area contributed by atoms with Crippen molar-refractivity contribution in [1.29, 1.82) is 5.26 Å². The van der Waals surface area contributed by atoms with Crippen LogP contribution in [0.15, 0.2) is 42.5 Å². The third kappa shape index (κ3) is 3.76. The van der Waals surface area contributed by atoms with Crippen molar-refractivity contribution in [3.63, 3.8) is 0 Å². The molecule has 7 heteroatoms. The average Bonchev–Trinajstić information content (AvgIpc) is 2.94. The fourth-order valence-electron chi connectivity index (χ4n) is 4.46. The molecule has 0 radical (unpaired) electrons. The number of nitriles is 1. The fourth-order valence-corrected chi connectivity index (χ4v) is 4.46. The van der Waals surface area contributed by atoms with Crippen molar-refractivity contribution >= 4 is 11.7 Å². The molecule has 2 fully saturated rings. The predicted octanol–water partition coefficient (Wildman–Crippen LogP) is 4.11. The molecular formula is C22H22FN3O3. The largest absolute Gasteiger partial charge is 0.453 e. The van der Waals surface area contributed by atoms with Crippen LogP contribution in [0.1, 0.15) is 24.8 Å². The first kappa shape index (κ1) is 19.2. The summed E-state index contributed by atoms with van der Waals surface area (Å²) in [5.41, 5.74) is 0.637. The first-order valence-corrected chi connectivity index (χ1v) is 9.75. The Kier molecular flexibility index (Phi) is 5.36. The van der Waals surface area contributed by atoms with Crippen LogP contribution in [0.25, 0.3) is 0 Å². The van der Waals surface area contributed by atoms with Gasteiger partial charge >= 0.3 is 6.03 Å². The van der Waals surface area contributed by atoms with Gasteiger partial charge in [0.2, 0.25) is 0 Å². The molecule has 2 aromatic carbocycles. The fraction of sp³-hybridized carbons (Fsp3) is 0.364. The Morgan fingerprint density at radius 2 is 2.10 bits per heavy atom. The van der Waals surface area contributed by atoms with E-state index in [9.17, 15) is 14.3 Å². The number of benzene rings is 2. The minimum Gasteiger partial charge on any atom is -0.453 e. The summed E-state index contributed by atoms with van der Waals surface area (Å²) in [5, 5.41) is 21.5. The van der Waals surface area contributed by atoms with Gasteiger partial charge in [-0.1, -0.05) is 18.6 Å². The van der Waals surface area contributed by atoms with Crippen molar-refractivity contribution in [2.75, 3.05) is 18.5 Å². The lowest BCUT2D eigenvalue weighted by atomic mass is 9.80. The summed E-state index contributed by atoms with van der Waals surface area (Å²) in [6.45, 7) is 0.709. The van der Waals surface area contributed by atoms with Crippen molar-refractivity contribution in [2.45, 2.75) is 25.3 Å². The number of urea groups is 1. The van der Waals surface area contributed by atoms with E-state index in [1.165, 1.54) is 12.1 Å². The molecule has 3 atom stereocenters. The monoisotopic (exact) mass is 395 g/mol. The number of fused-ring (bicyclic) bond motifs is 2. The van der Waals surface area contributed by atoms with Gasteiger partial charge in [0.1, 0.15) is 11.8 Å². The maximum Gasteiger partial charge on any atom is 0.322 e. The Bertz CT molecular complexity index is 959. The van der Waals surface area contributed by atoms with E-state index < -0.39 is 5.82 Å². The van der Waals surface area contributed by atoms with Crippen molar-refractivity contribution in [2.24, 2.45) is 11.8 Å². The third-order valence-electron chi connectivity index (χ3n) is 5.89. The SMILES string of the molecule is N#Cc1ccccc1Oc1ccc(NC(=O)N2CC3CCCC2C3CO)cc1F. The number of rotatable bonds is 4. The minimum absolute atomic E-state index is 0.0249. The van der Waals surface area contributed by atoms with Gasteiger partial charge in [0.15, 0.2) is 11.6 Å². The Balaban J connectivity index is 1.46. The highest BCUT2D eigenvalue weighted by molar-refractivity contribution is 5.90. The van der Waals surface area contributed by atoms with Gasteiger partial charge in [-0.2, -0.15) is 5.26 Å². The minimum atomic E-state index is -0.635. The molecule has 6 nitrogen and oxygen atoms in total. The summed E-state index contributed by atoms with van der Waals surface area (Å²) in [6, 6.07) is 12.6. The second kappa shape index (κ2) is 8.10. The van der Waals surface area contributed by atoms with Gasteiger partial charge in [-0.05, 0) is 43.0 Å². The number of carbonyl (C=O) groups excluding carboxylic acids is 1. The standard InChI is InChI=1S/C22H22FN3O3/c23-18-10-16(8-9-21(18)29-20-7-2-1-4-14(20)11-24)25-22(28)26-12-15-5-3-6-19(26)17(15)13-27/h1-2,4,7-10,15,17,19,27H,3,5-6,12-13H2,(H,25,28). The first-order chi connectivity index (χ1) is 14.1. The van der Waals surface area contributed by atoms with E-state index in [1.54, 1.807) is 35.2 Å². The quantitative estimate of drug-likeness (QED) is 0.816. The number of nitrogens with zero attached hydrogens (tertiary/aromatic N) is 2. The number of nitrogens with one attached hydrogen (secondary N) is 1. The number of amides is 2. The van der Waals surface area contributed by atoms with Crippen LogP contribution >= 0.6 is 0 Å². The maximum absolute atomic E-state index is 14.5. The van der Waals surface area contributed by atoms with Crippen LogP contribution in [-0.4, -0.2) is 35.2 Å². The molecule has 3 unspecified atom stereocenters.